The quantitative estimate of drug-likeness (QED) is 0.849. The second kappa shape index (κ2) is 4.01. The monoisotopic (exact) mass is 241 g/mol. The van der Waals surface area contributed by atoms with Crippen LogP contribution in [-0.2, 0) is 0 Å². The molecule has 0 saturated heterocycles. The Labute approximate surface area is 101 Å². The van der Waals surface area contributed by atoms with Crippen LogP contribution in [0.5, 0.6) is 0 Å². The third-order valence-corrected chi connectivity index (χ3v) is 3.84. The third-order valence-electron chi connectivity index (χ3n) is 3.60. The van der Waals surface area contributed by atoms with Gasteiger partial charge in [-0.2, -0.15) is 0 Å². The Kier molecular flexibility index (Phi) is 2.97. The van der Waals surface area contributed by atoms with E-state index in [9.17, 15) is 4.39 Å². The highest BCUT2D eigenvalue weighted by Crippen LogP contribution is 2.57. The molecule has 0 amide bonds. The standard InChI is InChI=1S/C13H17ClFN/c1-13(2)7-10(13)12(16-3)9-5-4-8(14)6-11(9)15/h4-6,10,12,16H,7H2,1-3H3. The van der Waals surface area contributed by atoms with Crippen molar-refractivity contribution >= 4 is 11.6 Å². The molecular weight excluding hydrogens is 225 g/mol. The summed E-state index contributed by atoms with van der Waals surface area (Å²) in [5, 5.41) is 3.66. The maximum absolute atomic E-state index is 13.8. The van der Waals surface area contributed by atoms with Crippen LogP contribution in [0.25, 0.3) is 0 Å². The van der Waals surface area contributed by atoms with E-state index in [4.69, 9.17) is 11.6 Å². The molecule has 1 fully saturated rings. The fourth-order valence-corrected chi connectivity index (χ4v) is 2.56. The first kappa shape index (κ1) is 11.9. The maximum atomic E-state index is 13.8. The van der Waals surface area contributed by atoms with Gasteiger partial charge in [-0.1, -0.05) is 31.5 Å². The highest BCUT2D eigenvalue weighted by molar-refractivity contribution is 6.30. The molecule has 0 spiro atoms. The highest BCUT2D eigenvalue weighted by Gasteiger charge is 2.50. The average molecular weight is 242 g/mol. The Morgan fingerprint density at radius 3 is 2.56 bits per heavy atom. The molecule has 1 nitrogen and oxygen atoms in total. The van der Waals surface area contributed by atoms with Crippen LogP contribution in [-0.4, -0.2) is 7.05 Å². The Bertz CT molecular complexity index is 403. The smallest absolute Gasteiger partial charge is 0.129 e. The molecule has 1 saturated carbocycles. The molecule has 0 aromatic heterocycles. The molecule has 0 bridgehead atoms. The van der Waals surface area contributed by atoms with Crippen molar-refractivity contribution in [3.05, 3.63) is 34.6 Å². The molecule has 88 valence electrons. The van der Waals surface area contributed by atoms with Crippen LogP contribution in [0.2, 0.25) is 5.02 Å². The number of hydrogen-bond acceptors (Lipinski definition) is 1. The average Bonchev–Trinajstić information content (AvgIpc) is 2.80. The van der Waals surface area contributed by atoms with E-state index in [-0.39, 0.29) is 11.9 Å². The number of nitrogens with one attached hydrogen (secondary N) is 1. The number of halogens is 2. The summed E-state index contributed by atoms with van der Waals surface area (Å²) in [4.78, 5) is 0. The molecule has 1 aromatic rings. The van der Waals surface area contributed by atoms with Gasteiger partial charge < -0.3 is 5.32 Å². The van der Waals surface area contributed by atoms with Gasteiger partial charge in [0, 0.05) is 16.6 Å². The molecule has 3 heteroatoms. The van der Waals surface area contributed by atoms with Gasteiger partial charge in [0.2, 0.25) is 0 Å². The zero-order valence-electron chi connectivity index (χ0n) is 9.85. The van der Waals surface area contributed by atoms with Crippen molar-refractivity contribution in [2.24, 2.45) is 11.3 Å². The van der Waals surface area contributed by atoms with Gasteiger partial charge in [-0.3, -0.25) is 0 Å². The predicted molar refractivity (Wildman–Crippen MR) is 65.1 cm³/mol. The fourth-order valence-electron chi connectivity index (χ4n) is 2.40. The maximum Gasteiger partial charge on any atom is 0.129 e. The van der Waals surface area contributed by atoms with Crippen molar-refractivity contribution in [1.82, 2.24) is 5.32 Å². The fraction of sp³-hybridized carbons (Fsp3) is 0.538. The van der Waals surface area contributed by atoms with Crippen LogP contribution in [0, 0.1) is 17.2 Å². The first-order chi connectivity index (χ1) is 7.45. The molecule has 1 aliphatic rings. The summed E-state index contributed by atoms with van der Waals surface area (Å²) < 4.78 is 13.8. The van der Waals surface area contributed by atoms with E-state index in [1.165, 1.54) is 6.07 Å². The third kappa shape index (κ3) is 2.09. The van der Waals surface area contributed by atoms with Gasteiger partial charge in [0.25, 0.3) is 0 Å². The first-order valence-electron chi connectivity index (χ1n) is 5.58. The van der Waals surface area contributed by atoms with Crippen molar-refractivity contribution in [2.45, 2.75) is 26.3 Å². The lowest BCUT2D eigenvalue weighted by atomic mass is 9.97. The van der Waals surface area contributed by atoms with Crippen molar-refractivity contribution in [3.8, 4) is 0 Å². The van der Waals surface area contributed by atoms with Crippen LogP contribution >= 0.6 is 11.6 Å². The van der Waals surface area contributed by atoms with Crippen LogP contribution < -0.4 is 5.32 Å². The Morgan fingerprint density at radius 2 is 2.12 bits per heavy atom. The van der Waals surface area contributed by atoms with Crippen LogP contribution in [0.1, 0.15) is 31.9 Å². The minimum absolute atomic E-state index is 0.0901. The molecular formula is C13H17ClFN. The van der Waals surface area contributed by atoms with Gasteiger partial charge in [-0.05, 0) is 36.9 Å². The minimum Gasteiger partial charge on any atom is -0.313 e. The van der Waals surface area contributed by atoms with E-state index in [0.717, 1.165) is 12.0 Å². The minimum atomic E-state index is -0.213. The molecule has 2 atom stereocenters. The summed E-state index contributed by atoms with van der Waals surface area (Å²) in [6, 6.07) is 5.01. The summed E-state index contributed by atoms with van der Waals surface area (Å²) in [7, 11) is 1.88. The van der Waals surface area contributed by atoms with Crippen LogP contribution in [0.3, 0.4) is 0 Å². The molecule has 1 aliphatic carbocycles. The number of benzene rings is 1. The van der Waals surface area contributed by atoms with E-state index in [2.05, 4.69) is 19.2 Å². The van der Waals surface area contributed by atoms with Gasteiger partial charge in [-0.25, -0.2) is 4.39 Å². The first-order valence-corrected chi connectivity index (χ1v) is 5.96. The van der Waals surface area contributed by atoms with Crippen molar-refractivity contribution in [2.75, 3.05) is 7.05 Å². The zero-order valence-corrected chi connectivity index (χ0v) is 10.6. The molecule has 0 radical (unpaired) electrons. The highest BCUT2D eigenvalue weighted by atomic mass is 35.5. The summed E-state index contributed by atoms with van der Waals surface area (Å²) >= 11 is 5.76. The van der Waals surface area contributed by atoms with Crippen LogP contribution in [0.15, 0.2) is 18.2 Å². The molecule has 0 aliphatic heterocycles. The second-order valence-corrected chi connectivity index (χ2v) is 5.67. The lowest BCUT2D eigenvalue weighted by molar-refractivity contribution is 0.426. The number of hydrogen-bond donors (Lipinski definition) is 1. The topological polar surface area (TPSA) is 12.0 Å². The van der Waals surface area contributed by atoms with E-state index < -0.39 is 0 Å². The van der Waals surface area contributed by atoms with E-state index in [0.29, 0.717) is 16.4 Å². The molecule has 2 unspecified atom stereocenters. The summed E-state index contributed by atoms with van der Waals surface area (Å²) in [6.45, 7) is 4.44. The normalized spacial score (nSPS) is 24.2. The Balaban J connectivity index is 2.28. The molecule has 1 N–H and O–H groups in total. The van der Waals surface area contributed by atoms with Gasteiger partial charge in [0.05, 0.1) is 0 Å². The van der Waals surface area contributed by atoms with Crippen LogP contribution in [0.4, 0.5) is 4.39 Å². The van der Waals surface area contributed by atoms with Gasteiger partial charge in [0.15, 0.2) is 0 Å². The summed E-state index contributed by atoms with van der Waals surface area (Å²) in [5.74, 6) is 0.294. The van der Waals surface area contributed by atoms with E-state index in [1.807, 2.05) is 7.05 Å². The molecule has 16 heavy (non-hydrogen) atoms. The SMILES string of the molecule is CNC(c1ccc(Cl)cc1F)C1CC1(C)C. The van der Waals surface area contributed by atoms with Crippen molar-refractivity contribution in [3.63, 3.8) is 0 Å². The van der Waals surface area contributed by atoms with Gasteiger partial charge >= 0.3 is 0 Å². The largest absolute Gasteiger partial charge is 0.313 e. The molecule has 0 heterocycles. The molecule has 2 rings (SSSR count). The van der Waals surface area contributed by atoms with Gasteiger partial charge in [0.1, 0.15) is 5.82 Å². The lowest BCUT2D eigenvalue weighted by Gasteiger charge is -2.19. The summed E-state index contributed by atoms with van der Waals surface area (Å²) in [6.07, 6.45) is 1.14. The van der Waals surface area contributed by atoms with Crippen molar-refractivity contribution < 1.29 is 4.39 Å². The Hall–Kier alpha value is -0.600. The zero-order chi connectivity index (χ0) is 11.9. The van der Waals surface area contributed by atoms with Crippen molar-refractivity contribution in [1.29, 1.82) is 0 Å². The van der Waals surface area contributed by atoms with E-state index in [1.54, 1.807) is 12.1 Å². The van der Waals surface area contributed by atoms with Gasteiger partial charge in [-0.15, -0.1) is 0 Å². The van der Waals surface area contributed by atoms with E-state index >= 15 is 0 Å². The second-order valence-electron chi connectivity index (χ2n) is 5.23. The Morgan fingerprint density at radius 1 is 1.50 bits per heavy atom. The molecule has 1 aromatic carbocycles. The lowest BCUT2D eigenvalue weighted by Crippen LogP contribution is -2.21. The number of rotatable bonds is 3. The summed E-state index contributed by atoms with van der Waals surface area (Å²) in [5.41, 5.74) is 1.04. The predicted octanol–water partition coefficient (Wildman–Crippen LogP) is 3.79.